The van der Waals surface area contributed by atoms with Crippen molar-refractivity contribution in [2.24, 2.45) is 5.73 Å². The van der Waals surface area contributed by atoms with Gasteiger partial charge in [0.1, 0.15) is 11.6 Å². The highest BCUT2D eigenvalue weighted by Gasteiger charge is 2.29. The predicted molar refractivity (Wildman–Crippen MR) is 70.3 cm³/mol. The third kappa shape index (κ3) is 3.06. The van der Waals surface area contributed by atoms with E-state index >= 15 is 0 Å². The lowest BCUT2D eigenvalue weighted by Gasteiger charge is -2.40. The average molecular weight is 256 g/mol. The van der Waals surface area contributed by atoms with Gasteiger partial charge in [-0.15, -0.1) is 0 Å². The van der Waals surface area contributed by atoms with E-state index in [1.54, 1.807) is 0 Å². The number of nitrogens with zero attached hydrogens (tertiary/aromatic N) is 1. The molecule has 0 amide bonds. The topological polar surface area (TPSA) is 29.3 Å². The van der Waals surface area contributed by atoms with E-state index in [0.29, 0.717) is 12.1 Å². The van der Waals surface area contributed by atoms with Crippen molar-refractivity contribution in [1.29, 1.82) is 0 Å². The van der Waals surface area contributed by atoms with E-state index in [4.69, 9.17) is 5.73 Å². The normalized spacial score (nSPS) is 14.0. The van der Waals surface area contributed by atoms with E-state index in [-0.39, 0.29) is 11.6 Å². The van der Waals surface area contributed by atoms with Crippen LogP contribution in [0.3, 0.4) is 0 Å². The molecule has 1 aromatic rings. The molecular formula is C14H22F2N2. The van der Waals surface area contributed by atoms with Crippen LogP contribution in [0.1, 0.15) is 38.8 Å². The van der Waals surface area contributed by atoms with Crippen LogP contribution >= 0.6 is 0 Å². The summed E-state index contributed by atoms with van der Waals surface area (Å²) in [6.07, 6.45) is 0.919. The number of hydrogen-bond donors (Lipinski definition) is 1. The average Bonchev–Trinajstić information content (AvgIpc) is 2.32. The second-order valence-electron chi connectivity index (χ2n) is 5.19. The summed E-state index contributed by atoms with van der Waals surface area (Å²) in [7, 11) is 1.92. The SMILES string of the molecule is CCC(C)(C)N(C)C(CN)c1ccc(F)cc1F. The zero-order chi connectivity index (χ0) is 13.9. The molecule has 2 nitrogen and oxygen atoms in total. The Kier molecular flexibility index (Phi) is 4.82. The number of benzene rings is 1. The Morgan fingerprint density at radius 3 is 2.39 bits per heavy atom. The van der Waals surface area contributed by atoms with Crippen molar-refractivity contribution in [3.05, 3.63) is 35.4 Å². The minimum absolute atomic E-state index is 0.0924. The molecule has 0 aromatic heterocycles. The number of hydrogen-bond acceptors (Lipinski definition) is 2. The Morgan fingerprint density at radius 2 is 1.94 bits per heavy atom. The molecule has 0 saturated heterocycles. The minimum Gasteiger partial charge on any atom is -0.329 e. The van der Waals surface area contributed by atoms with Gasteiger partial charge in [-0.25, -0.2) is 8.78 Å². The molecule has 0 aliphatic heterocycles. The molecular weight excluding hydrogens is 234 g/mol. The first-order chi connectivity index (χ1) is 8.33. The number of rotatable bonds is 5. The highest BCUT2D eigenvalue weighted by atomic mass is 19.1. The zero-order valence-corrected chi connectivity index (χ0v) is 11.5. The van der Waals surface area contributed by atoms with Gasteiger partial charge in [0.15, 0.2) is 0 Å². The first-order valence-electron chi connectivity index (χ1n) is 6.21. The lowest BCUT2D eigenvalue weighted by molar-refractivity contribution is 0.0985. The van der Waals surface area contributed by atoms with Crippen LogP contribution in [-0.2, 0) is 0 Å². The number of halogens is 2. The Balaban J connectivity index is 3.10. The molecule has 1 unspecified atom stereocenters. The first-order valence-corrected chi connectivity index (χ1v) is 6.21. The molecule has 102 valence electrons. The summed E-state index contributed by atoms with van der Waals surface area (Å²) >= 11 is 0. The van der Waals surface area contributed by atoms with E-state index in [9.17, 15) is 8.78 Å². The van der Waals surface area contributed by atoms with Gasteiger partial charge in [-0.1, -0.05) is 13.0 Å². The molecule has 0 saturated carbocycles. The quantitative estimate of drug-likeness (QED) is 0.877. The van der Waals surface area contributed by atoms with Gasteiger partial charge in [0.25, 0.3) is 0 Å². The maximum absolute atomic E-state index is 13.8. The zero-order valence-electron chi connectivity index (χ0n) is 11.5. The molecule has 0 aliphatic carbocycles. The third-order valence-corrected chi connectivity index (χ3v) is 3.83. The maximum atomic E-state index is 13.8. The lowest BCUT2D eigenvalue weighted by atomic mass is 9.94. The fourth-order valence-electron chi connectivity index (χ4n) is 1.94. The molecule has 0 aliphatic rings. The fourth-order valence-corrected chi connectivity index (χ4v) is 1.94. The van der Waals surface area contributed by atoms with E-state index in [1.165, 1.54) is 12.1 Å². The monoisotopic (exact) mass is 256 g/mol. The van der Waals surface area contributed by atoms with Crippen LogP contribution in [0.25, 0.3) is 0 Å². The summed E-state index contributed by atoms with van der Waals surface area (Å²) in [4.78, 5) is 2.04. The smallest absolute Gasteiger partial charge is 0.130 e. The van der Waals surface area contributed by atoms with E-state index in [0.717, 1.165) is 12.5 Å². The summed E-state index contributed by atoms with van der Waals surface area (Å²) in [5.74, 6) is -1.10. The van der Waals surface area contributed by atoms with Gasteiger partial charge < -0.3 is 5.73 Å². The molecule has 0 fully saturated rings. The van der Waals surface area contributed by atoms with Crippen molar-refractivity contribution in [2.45, 2.75) is 38.8 Å². The maximum Gasteiger partial charge on any atom is 0.130 e. The van der Waals surface area contributed by atoms with Crippen molar-refractivity contribution in [3.63, 3.8) is 0 Å². The standard InChI is InChI=1S/C14H22F2N2/c1-5-14(2,3)18(4)13(9-17)11-7-6-10(15)8-12(11)16/h6-8,13H,5,9,17H2,1-4H3. The number of nitrogens with two attached hydrogens (primary N) is 1. The van der Waals surface area contributed by atoms with E-state index in [1.807, 2.05) is 11.9 Å². The van der Waals surface area contributed by atoms with Crippen molar-refractivity contribution >= 4 is 0 Å². The second kappa shape index (κ2) is 5.76. The summed E-state index contributed by atoms with van der Waals surface area (Å²) in [6.45, 7) is 6.53. The predicted octanol–water partition coefficient (Wildman–Crippen LogP) is 3.09. The van der Waals surface area contributed by atoms with Crippen LogP contribution in [0.15, 0.2) is 18.2 Å². The van der Waals surface area contributed by atoms with Gasteiger partial charge in [0.2, 0.25) is 0 Å². The molecule has 1 aromatic carbocycles. The van der Waals surface area contributed by atoms with Crippen LogP contribution in [0.2, 0.25) is 0 Å². The molecule has 0 heterocycles. The Labute approximate surface area is 108 Å². The summed E-state index contributed by atoms with van der Waals surface area (Å²) < 4.78 is 26.7. The first kappa shape index (κ1) is 15.1. The van der Waals surface area contributed by atoms with Crippen molar-refractivity contribution < 1.29 is 8.78 Å². The molecule has 1 atom stereocenters. The second-order valence-corrected chi connectivity index (χ2v) is 5.19. The molecule has 0 bridgehead atoms. The van der Waals surface area contributed by atoms with E-state index in [2.05, 4.69) is 20.8 Å². The lowest BCUT2D eigenvalue weighted by Crippen LogP contribution is -2.45. The van der Waals surface area contributed by atoms with Gasteiger partial charge in [0.05, 0.1) is 6.04 Å². The summed E-state index contributed by atoms with van der Waals surface area (Å²) in [5.41, 5.74) is 6.12. The molecule has 0 spiro atoms. The van der Waals surface area contributed by atoms with Gasteiger partial charge in [-0.2, -0.15) is 0 Å². The van der Waals surface area contributed by atoms with Crippen molar-refractivity contribution in [2.75, 3.05) is 13.6 Å². The molecule has 0 radical (unpaired) electrons. The minimum atomic E-state index is -0.565. The van der Waals surface area contributed by atoms with Crippen LogP contribution < -0.4 is 5.73 Å². The van der Waals surface area contributed by atoms with Gasteiger partial charge in [-0.3, -0.25) is 4.90 Å². The summed E-state index contributed by atoms with van der Waals surface area (Å²) in [5, 5.41) is 0. The van der Waals surface area contributed by atoms with Crippen molar-refractivity contribution in [1.82, 2.24) is 4.90 Å². The van der Waals surface area contributed by atoms with Crippen LogP contribution in [-0.4, -0.2) is 24.0 Å². The molecule has 2 N–H and O–H groups in total. The Hall–Kier alpha value is -1.00. The Morgan fingerprint density at radius 1 is 1.33 bits per heavy atom. The van der Waals surface area contributed by atoms with Crippen LogP contribution in [0.4, 0.5) is 8.78 Å². The van der Waals surface area contributed by atoms with E-state index < -0.39 is 11.6 Å². The van der Waals surface area contributed by atoms with Crippen LogP contribution in [0, 0.1) is 11.6 Å². The Bertz CT molecular complexity index is 405. The van der Waals surface area contributed by atoms with Gasteiger partial charge in [0, 0.05) is 23.7 Å². The highest BCUT2D eigenvalue weighted by Crippen LogP contribution is 2.29. The summed E-state index contributed by atoms with van der Waals surface area (Å²) in [6, 6.07) is 3.41. The highest BCUT2D eigenvalue weighted by molar-refractivity contribution is 5.23. The van der Waals surface area contributed by atoms with Gasteiger partial charge in [-0.05, 0) is 33.4 Å². The number of likely N-dealkylation sites (N-methyl/N-ethyl adjacent to an activating group) is 1. The van der Waals surface area contributed by atoms with Crippen molar-refractivity contribution in [3.8, 4) is 0 Å². The third-order valence-electron chi connectivity index (χ3n) is 3.83. The van der Waals surface area contributed by atoms with Gasteiger partial charge >= 0.3 is 0 Å². The molecule has 1 rings (SSSR count). The fraction of sp³-hybridized carbons (Fsp3) is 0.571. The van der Waals surface area contributed by atoms with Crippen LogP contribution in [0.5, 0.6) is 0 Å². The molecule has 4 heteroatoms. The largest absolute Gasteiger partial charge is 0.329 e. The molecule has 18 heavy (non-hydrogen) atoms.